The largest absolute Gasteiger partial charge is 0.423 e. The Morgan fingerprint density at radius 1 is 1.00 bits per heavy atom. The molecule has 0 saturated carbocycles. The summed E-state index contributed by atoms with van der Waals surface area (Å²) in [5, 5.41) is 0. The standard InChI is InChI=1S/C24H26N4O2/c29-23(21-9-5-12-28(21)24-25-20-8-3-4-10-22(20)30-24)27-15-19(16-27)26-13-11-17-6-1-2-7-18(17)14-26/h1-4,6-8,10,19,21H,5,9,11-16H2. The molecule has 0 spiro atoms. The minimum absolute atomic E-state index is 0.152. The van der Waals surface area contributed by atoms with E-state index in [0.717, 1.165) is 63.1 Å². The van der Waals surface area contributed by atoms with Gasteiger partial charge >= 0.3 is 0 Å². The van der Waals surface area contributed by atoms with E-state index in [9.17, 15) is 4.79 Å². The first-order valence-electron chi connectivity index (χ1n) is 11.0. The lowest BCUT2D eigenvalue weighted by Gasteiger charge is -2.48. The number of hydrogen-bond acceptors (Lipinski definition) is 5. The first-order chi connectivity index (χ1) is 14.8. The third-order valence-corrected chi connectivity index (χ3v) is 6.92. The van der Waals surface area contributed by atoms with E-state index < -0.39 is 0 Å². The molecule has 0 radical (unpaired) electrons. The first-order valence-corrected chi connectivity index (χ1v) is 11.0. The van der Waals surface area contributed by atoms with Crippen LogP contribution in [0.4, 0.5) is 6.01 Å². The van der Waals surface area contributed by atoms with Gasteiger partial charge in [0.1, 0.15) is 11.6 Å². The van der Waals surface area contributed by atoms with Gasteiger partial charge < -0.3 is 14.2 Å². The van der Waals surface area contributed by atoms with Gasteiger partial charge in [0, 0.05) is 38.8 Å². The first kappa shape index (κ1) is 18.0. The molecule has 6 nitrogen and oxygen atoms in total. The SMILES string of the molecule is O=C(C1CCCN1c1nc2ccccc2o1)N1CC(N2CCc3ccccc3C2)C1. The van der Waals surface area contributed by atoms with Crippen molar-refractivity contribution < 1.29 is 9.21 Å². The van der Waals surface area contributed by atoms with E-state index in [2.05, 4.69) is 39.0 Å². The molecule has 0 bridgehead atoms. The summed E-state index contributed by atoms with van der Waals surface area (Å²) in [6.07, 6.45) is 2.97. The lowest BCUT2D eigenvalue weighted by molar-refractivity contribution is -0.140. The van der Waals surface area contributed by atoms with Gasteiger partial charge in [-0.2, -0.15) is 4.98 Å². The summed E-state index contributed by atoms with van der Waals surface area (Å²) in [5.41, 5.74) is 4.53. The molecule has 4 heterocycles. The molecule has 2 aromatic carbocycles. The number of oxazole rings is 1. The Morgan fingerprint density at radius 2 is 1.80 bits per heavy atom. The van der Waals surface area contributed by atoms with Crippen LogP contribution in [0.5, 0.6) is 0 Å². The maximum Gasteiger partial charge on any atom is 0.299 e. The van der Waals surface area contributed by atoms with Gasteiger partial charge in [0.15, 0.2) is 5.58 Å². The number of hydrogen-bond donors (Lipinski definition) is 0. The monoisotopic (exact) mass is 402 g/mol. The van der Waals surface area contributed by atoms with Crippen LogP contribution in [0.2, 0.25) is 0 Å². The van der Waals surface area contributed by atoms with Gasteiger partial charge in [0.05, 0.1) is 0 Å². The molecule has 6 rings (SSSR count). The van der Waals surface area contributed by atoms with Crippen LogP contribution in [0.1, 0.15) is 24.0 Å². The quantitative estimate of drug-likeness (QED) is 0.674. The van der Waals surface area contributed by atoms with E-state index in [4.69, 9.17) is 4.42 Å². The number of rotatable bonds is 3. The van der Waals surface area contributed by atoms with Crippen molar-refractivity contribution in [2.24, 2.45) is 0 Å². The zero-order valence-electron chi connectivity index (χ0n) is 17.0. The molecule has 0 aliphatic carbocycles. The lowest BCUT2D eigenvalue weighted by atomic mass is 9.96. The second kappa shape index (κ2) is 7.13. The van der Waals surface area contributed by atoms with Crippen LogP contribution in [0, 0.1) is 0 Å². The summed E-state index contributed by atoms with van der Waals surface area (Å²) in [5.74, 6) is 0.225. The molecule has 3 aromatic rings. The Morgan fingerprint density at radius 3 is 2.67 bits per heavy atom. The van der Waals surface area contributed by atoms with Crippen molar-refractivity contribution in [2.45, 2.75) is 37.9 Å². The molecule has 30 heavy (non-hydrogen) atoms. The Balaban J connectivity index is 1.12. The molecule has 1 aromatic heterocycles. The zero-order chi connectivity index (χ0) is 20.1. The van der Waals surface area contributed by atoms with Gasteiger partial charge in [-0.25, -0.2) is 0 Å². The van der Waals surface area contributed by atoms with Crippen molar-refractivity contribution in [3.63, 3.8) is 0 Å². The number of likely N-dealkylation sites (tertiary alicyclic amines) is 1. The minimum atomic E-state index is -0.152. The molecular formula is C24H26N4O2. The van der Waals surface area contributed by atoms with Crippen molar-refractivity contribution in [1.29, 1.82) is 0 Å². The normalized spacial score (nSPS) is 22.3. The Kier molecular flexibility index (Phi) is 4.27. The van der Waals surface area contributed by atoms with E-state index >= 15 is 0 Å². The number of amides is 1. The maximum atomic E-state index is 13.2. The highest BCUT2D eigenvalue weighted by Crippen LogP contribution is 2.31. The summed E-state index contributed by atoms with van der Waals surface area (Å²) in [7, 11) is 0. The highest BCUT2D eigenvalue weighted by Gasteiger charge is 2.42. The summed E-state index contributed by atoms with van der Waals surface area (Å²) in [6, 6.07) is 17.4. The van der Waals surface area contributed by atoms with Crippen LogP contribution in [0.25, 0.3) is 11.1 Å². The summed E-state index contributed by atoms with van der Waals surface area (Å²) in [6.45, 7) is 4.57. The van der Waals surface area contributed by atoms with E-state index in [0.29, 0.717) is 12.1 Å². The van der Waals surface area contributed by atoms with Crippen molar-refractivity contribution >= 4 is 23.0 Å². The number of aromatic nitrogens is 1. The van der Waals surface area contributed by atoms with Gasteiger partial charge in [-0.1, -0.05) is 36.4 Å². The van der Waals surface area contributed by atoms with Crippen LogP contribution in [-0.2, 0) is 17.8 Å². The average Bonchev–Trinajstić information content (AvgIpc) is 3.39. The van der Waals surface area contributed by atoms with Gasteiger partial charge in [-0.05, 0) is 42.5 Å². The summed E-state index contributed by atoms with van der Waals surface area (Å²) in [4.78, 5) is 24.5. The average molecular weight is 402 g/mol. The molecule has 3 aliphatic rings. The molecule has 6 heteroatoms. The Hall–Kier alpha value is -2.86. The van der Waals surface area contributed by atoms with Crippen molar-refractivity contribution in [3.8, 4) is 0 Å². The fraction of sp³-hybridized carbons (Fsp3) is 0.417. The van der Waals surface area contributed by atoms with E-state index in [1.807, 2.05) is 29.2 Å². The van der Waals surface area contributed by atoms with E-state index in [1.54, 1.807) is 0 Å². The van der Waals surface area contributed by atoms with E-state index in [-0.39, 0.29) is 11.9 Å². The van der Waals surface area contributed by atoms with Crippen LogP contribution in [0.3, 0.4) is 0 Å². The molecular weight excluding hydrogens is 376 g/mol. The van der Waals surface area contributed by atoms with Crippen LogP contribution < -0.4 is 4.90 Å². The molecule has 0 N–H and O–H groups in total. The van der Waals surface area contributed by atoms with Crippen molar-refractivity contribution in [3.05, 3.63) is 59.7 Å². The van der Waals surface area contributed by atoms with Gasteiger partial charge in [0.25, 0.3) is 6.01 Å². The van der Waals surface area contributed by atoms with Crippen LogP contribution in [-0.4, -0.2) is 59.0 Å². The number of para-hydroxylation sites is 2. The summed E-state index contributed by atoms with van der Waals surface area (Å²) < 4.78 is 5.95. The fourth-order valence-corrected chi connectivity index (χ4v) is 5.14. The highest BCUT2D eigenvalue weighted by molar-refractivity contribution is 5.86. The Bertz CT molecular complexity index is 1050. The third kappa shape index (κ3) is 2.98. The van der Waals surface area contributed by atoms with Crippen molar-refractivity contribution in [2.75, 3.05) is 31.1 Å². The molecule has 154 valence electrons. The number of carbonyl (C=O) groups excluding carboxylic acids is 1. The molecule has 3 aliphatic heterocycles. The molecule has 1 amide bonds. The number of anilines is 1. The van der Waals surface area contributed by atoms with Gasteiger partial charge in [-0.15, -0.1) is 0 Å². The predicted molar refractivity (Wildman–Crippen MR) is 115 cm³/mol. The van der Waals surface area contributed by atoms with E-state index in [1.165, 1.54) is 11.1 Å². The summed E-state index contributed by atoms with van der Waals surface area (Å²) >= 11 is 0. The topological polar surface area (TPSA) is 52.8 Å². The maximum absolute atomic E-state index is 13.2. The third-order valence-electron chi connectivity index (χ3n) is 6.92. The lowest BCUT2D eigenvalue weighted by Crippen LogP contribution is -2.64. The predicted octanol–water partition coefficient (Wildman–Crippen LogP) is 3.07. The minimum Gasteiger partial charge on any atom is -0.423 e. The molecule has 2 fully saturated rings. The number of fused-ring (bicyclic) bond motifs is 2. The molecule has 1 unspecified atom stereocenters. The van der Waals surface area contributed by atoms with Gasteiger partial charge in [-0.3, -0.25) is 9.69 Å². The van der Waals surface area contributed by atoms with Crippen LogP contribution >= 0.6 is 0 Å². The second-order valence-corrected chi connectivity index (χ2v) is 8.70. The van der Waals surface area contributed by atoms with Crippen LogP contribution in [0.15, 0.2) is 52.9 Å². The zero-order valence-corrected chi connectivity index (χ0v) is 17.0. The smallest absolute Gasteiger partial charge is 0.299 e. The number of carbonyl (C=O) groups is 1. The van der Waals surface area contributed by atoms with Crippen molar-refractivity contribution in [1.82, 2.24) is 14.8 Å². The number of benzene rings is 2. The Labute approximate surface area is 176 Å². The number of nitrogens with zero attached hydrogens (tertiary/aromatic N) is 4. The molecule has 2 saturated heterocycles. The second-order valence-electron chi connectivity index (χ2n) is 8.70. The highest BCUT2D eigenvalue weighted by atomic mass is 16.4. The molecule has 1 atom stereocenters. The van der Waals surface area contributed by atoms with Gasteiger partial charge in [0.2, 0.25) is 5.91 Å². The fourth-order valence-electron chi connectivity index (χ4n) is 5.14.